The lowest BCUT2D eigenvalue weighted by Crippen LogP contribution is -3.13. The lowest BCUT2D eigenvalue weighted by atomic mass is 10.5. The van der Waals surface area contributed by atoms with E-state index in [-0.39, 0.29) is 11.6 Å². The maximum atomic E-state index is 10.5. The molecule has 5 heteroatoms. The SMILES string of the molecule is CC(N)[NH+]([O-])CC(O)O. The van der Waals surface area contributed by atoms with Crippen molar-refractivity contribution in [3.8, 4) is 0 Å². The fourth-order valence-electron chi connectivity index (χ4n) is 0.366. The Kier molecular flexibility index (Phi) is 3.67. The van der Waals surface area contributed by atoms with Gasteiger partial charge >= 0.3 is 0 Å². The molecule has 0 bridgehead atoms. The van der Waals surface area contributed by atoms with E-state index in [1.807, 2.05) is 0 Å². The summed E-state index contributed by atoms with van der Waals surface area (Å²) in [6.07, 6.45) is -2.17. The van der Waals surface area contributed by atoms with Gasteiger partial charge in [0.2, 0.25) is 6.29 Å². The monoisotopic (exact) mass is 136 g/mol. The third kappa shape index (κ3) is 4.31. The summed E-state index contributed by atoms with van der Waals surface area (Å²) < 4.78 is 0. The number of rotatable bonds is 3. The molecule has 0 fully saturated rings. The Bertz CT molecular complexity index is 76.2. The van der Waals surface area contributed by atoms with Gasteiger partial charge in [-0.2, -0.15) is 0 Å². The van der Waals surface area contributed by atoms with Gasteiger partial charge in [-0.1, -0.05) is 0 Å². The second-order valence-electron chi connectivity index (χ2n) is 1.94. The van der Waals surface area contributed by atoms with E-state index in [2.05, 4.69) is 0 Å². The highest BCUT2D eigenvalue weighted by molar-refractivity contribution is 4.34. The molecular weight excluding hydrogens is 124 g/mol. The van der Waals surface area contributed by atoms with Crippen molar-refractivity contribution in [3.63, 3.8) is 0 Å². The van der Waals surface area contributed by atoms with Crippen molar-refractivity contribution >= 4 is 0 Å². The third-order valence-electron chi connectivity index (χ3n) is 0.892. The van der Waals surface area contributed by atoms with Gasteiger partial charge in [0.05, 0.1) is 0 Å². The van der Waals surface area contributed by atoms with Crippen LogP contribution in [0, 0.1) is 5.21 Å². The van der Waals surface area contributed by atoms with Gasteiger partial charge in [-0.25, -0.2) is 0 Å². The highest BCUT2D eigenvalue weighted by atomic mass is 16.5. The van der Waals surface area contributed by atoms with Crippen LogP contribution < -0.4 is 10.8 Å². The van der Waals surface area contributed by atoms with E-state index in [9.17, 15) is 5.21 Å². The largest absolute Gasteiger partial charge is 0.633 e. The highest BCUT2D eigenvalue weighted by Gasteiger charge is 2.06. The summed E-state index contributed by atoms with van der Waals surface area (Å²) >= 11 is 0. The lowest BCUT2D eigenvalue weighted by molar-refractivity contribution is -0.879. The van der Waals surface area contributed by atoms with Crippen molar-refractivity contribution in [3.05, 3.63) is 5.21 Å². The normalized spacial score (nSPS) is 18.0. The molecule has 0 aliphatic heterocycles. The van der Waals surface area contributed by atoms with E-state index in [4.69, 9.17) is 15.9 Å². The minimum atomic E-state index is -1.57. The van der Waals surface area contributed by atoms with Crippen LogP contribution in [-0.4, -0.2) is 29.2 Å². The van der Waals surface area contributed by atoms with Crippen LogP contribution >= 0.6 is 0 Å². The molecule has 0 aromatic carbocycles. The minimum Gasteiger partial charge on any atom is -0.633 e. The number of hydrogen-bond acceptors (Lipinski definition) is 4. The van der Waals surface area contributed by atoms with Crippen molar-refractivity contribution < 1.29 is 15.3 Å². The lowest BCUT2D eigenvalue weighted by Gasteiger charge is -2.26. The number of hydrogen-bond donors (Lipinski definition) is 4. The van der Waals surface area contributed by atoms with Crippen LogP contribution in [0.1, 0.15) is 6.92 Å². The molecule has 0 radical (unpaired) electrons. The molecular formula is C4H12N2O3. The molecule has 0 spiro atoms. The molecule has 2 unspecified atom stereocenters. The molecule has 0 rings (SSSR count). The first kappa shape index (κ1) is 8.80. The second kappa shape index (κ2) is 3.76. The first-order valence-electron chi connectivity index (χ1n) is 2.68. The molecule has 56 valence electrons. The molecule has 0 aliphatic carbocycles. The van der Waals surface area contributed by atoms with Crippen molar-refractivity contribution in [2.45, 2.75) is 19.4 Å². The maximum absolute atomic E-state index is 10.5. The summed E-state index contributed by atoms with van der Waals surface area (Å²) in [7, 11) is 0. The van der Waals surface area contributed by atoms with Gasteiger partial charge < -0.3 is 20.5 Å². The van der Waals surface area contributed by atoms with Crippen molar-refractivity contribution in [2.75, 3.05) is 6.54 Å². The van der Waals surface area contributed by atoms with Crippen LogP contribution in [0.5, 0.6) is 0 Å². The predicted molar refractivity (Wildman–Crippen MR) is 31.1 cm³/mol. The standard InChI is InChI=1S/C4H12N2O3/c1-3(5)6(9)2-4(7)8/h3-4,6-8H,2,5H2,1H3. The summed E-state index contributed by atoms with van der Waals surface area (Å²) in [6, 6.07) is 0. The molecule has 0 saturated carbocycles. The van der Waals surface area contributed by atoms with E-state index >= 15 is 0 Å². The van der Waals surface area contributed by atoms with Crippen molar-refractivity contribution in [2.24, 2.45) is 5.73 Å². The van der Waals surface area contributed by atoms with Crippen molar-refractivity contribution in [1.29, 1.82) is 0 Å². The molecule has 0 aliphatic rings. The average Bonchev–Trinajstić information content (AvgIpc) is 1.63. The Morgan fingerprint density at radius 1 is 1.67 bits per heavy atom. The summed E-state index contributed by atoms with van der Waals surface area (Å²) in [5.41, 5.74) is 5.11. The first-order valence-corrected chi connectivity index (χ1v) is 2.68. The molecule has 0 saturated heterocycles. The van der Waals surface area contributed by atoms with Gasteiger partial charge in [0.1, 0.15) is 12.7 Å². The topological polar surface area (TPSA) is 94.0 Å². The van der Waals surface area contributed by atoms with E-state index in [0.717, 1.165) is 0 Å². The van der Waals surface area contributed by atoms with Gasteiger partial charge in [0, 0.05) is 6.92 Å². The fraction of sp³-hybridized carbons (Fsp3) is 1.00. The Morgan fingerprint density at radius 3 is 2.22 bits per heavy atom. The summed E-state index contributed by atoms with van der Waals surface area (Å²) in [5, 5.41) is 26.7. The summed E-state index contributed by atoms with van der Waals surface area (Å²) in [6.45, 7) is 1.22. The number of aliphatic hydroxyl groups is 2. The van der Waals surface area contributed by atoms with Crippen LogP contribution in [0.3, 0.4) is 0 Å². The van der Waals surface area contributed by atoms with E-state index in [0.29, 0.717) is 0 Å². The third-order valence-corrected chi connectivity index (χ3v) is 0.892. The van der Waals surface area contributed by atoms with Gasteiger partial charge in [-0.3, -0.25) is 5.73 Å². The van der Waals surface area contributed by atoms with Crippen LogP contribution in [0.25, 0.3) is 0 Å². The number of hydroxylamine groups is 2. The smallest absolute Gasteiger partial charge is 0.202 e. The molecule has 2 atom stereocenters. The Labute approximate surface area is 53.3 Å². The minimum absolute atomic E-state index is 0.280. The van der Waals surface area contributed by atoms with Gasteiger partial charge in [0.15, 0.2) is 0 Å². The van der Waals surface area contributed by atoms with Crippen molar-refractivity contribution in [1.82, 2.24) is 0 Å². The number of nitrogens with two attached hydrogens (primary N) is 1. The van der Waals surface area contributed by atoms with Gasteiger partial charge in [-0.05, 0) is 0 Å². The quantitative estimate of drug-likeness (QED) is 0.245. The van der Waals surface area contributed by atoms with Gasteiger partial charge in [-0.15, -0.1) is 0 Å². The zero-order valence-corrected chi connectivity index (χ0v) is 5.24. The Hall–Kier alpha value is -0.200. The molecule has 9 heavy (non-hydrogen) atoms. The molecule has 5 N–H and O–H groups in total. The molecule has 0 amide bonds. The Morgan fingerprint density at radius 2 is 2.11 bits per heavy atom. The molecule has 0 aromatic heterocycles. The average molecular weight is 136 g/mol. The van der Waals surface area contributed by atoms with Gasteiger partial charge in [0.25, 0.3) is 0 Å². The maximum Gasteiger partial charge on any atom is 0.202 e. The van der Waals surface area contributed by atoms with Crippen LogP contribution in [0.2, 0.25) is 0 Å². The molecule has 0 heterocycles. The van der Waals surface area contributed by atoms with Crippen LogP contribution in [0.15, 0.2) is 0 Å². The highest BCUT2D eigenvalue weighted by Crippen LogP contribution is 1.64. The van der Waals surface area contributed by atoms with E-state index in [1.54, 1.807) is 0 Å². The summed E-state index contributed by atoms with van der Waals surface area (Å²) in [4.78, 5) is 0. The van der Waals surface area contributed by atoms with Crippen LogP contribution in [-0.2, 0) is 0 Å². The second-order valence-corrected chi connectivity index (χ2v) is 1.94. The van der Waals surface area contributed by atoms with E-state index in [1.165, 1.54) is 6.92 Å². The fourth-order valence-corrected chi connectivity index (χ4v) is 0.366. The molecule has 0 aromatic rings. The number of quaternary nitrogens is 1. The number of aliphatic hydroxyl groups excluding tert-OH is 1. The Balaban J connectivity index is 3.38. The van der Waals surface area contributed by atoms with Crippen LogP contribution in [0.4, 0.5) is 0 Å². The zero-order chi connectivity index (χ0) is 7.44. The first-order chi connectivity index (χ1) is 4.04. The zero-order valence-electron chi connectivity index (χ0n) is 5.24. The predicted octanol–water partition coefficient (Wildman–Crippen LogP) is -3.02. The molecule has 5 nitrogen and oxygen atoms in total. The summed E-state index contributed by atoms with van der Waals surface area (Å²) in [5.74, 6) is 0. The number of nitrogens with one attached hydrogen (secondary N) is 1. The van der Waals surface area contributed by atoms with E-state index < -0.39 is 12.5 Å².